The van der Waals surface area contributed by atoms with E-state index in [4.69, 9.17) is 18.9 Å². The second-order valence-corrected chi connectivity index (χ2v) is 24.2. The molecule has 0 aliphatic carbocycles. The monoisotopic (exact) mass is 888 g/mol. The molecule has 328 valence electrons. The van der Waals surface area contributed by atoms with Crippen molar-refractivity contribution in [2.75, 3.05) is 28.4 Å². The molecule has 60 heavy (non-hydrogen) atoms. The van der Waals surface area contributed by atoms with Crippen molar-refractivity contribution >= 4 is 47.0 Å². The summed E-state index contributed by atoms with van der Waals surface area (Å²) in [6.45, 7) is 27.7. The molecule has 0 spiro atoms. The standard InChI is InChI=1S/C52H72O4S4/c1-49(2,3)41-17-33-25-57-27-35-19-42(50(4,5)6)21-37(46(35)54-14)29-59-31-39-23-44(52(10,11)12)24-40(48(39)56-16)32-60-30-38-22-43(51(7,8)9)20-36(47(38)55-15)28-58-26-34(18-41)45(33)53-13/h17-24H,25-32H2,1-16H3. The van der Waals surface area contributed by atoms with E-state index >= 15 is 0 Å². The van der Waals surface area contributed by atoms with Crippen molar-refractivity contribution < 1.29 is 18.9 Å². The van der Waals surface area contributed by atoms with Gasteiger partial charge in [-0.1, -0.05) is 132 Å². The molecule has 0 aromatic heterocycles. The molecule has 4 nitrogen and oxygen atoms in total. The van der Waals surface area contributed by atoms with Crippen LogP contribution in [0.4, 0.5) is 0 Å². The number of methoxy groups -OCH3 is 4. The van der Waals surface area contributed by atoms with Gasteiger partial charge in [0.05, 0.1) is 28.4 Å². The lowest BCUT2D eigenvalue weighted by Crippen LogP contribution is -2.14. The highest BCUT2D eigenvalue weighted by molar-refractivity contribution is 7.98. The number of rotatable bonds is 4. The Morgan fingerprint density at radius 3 is 0.517 bits per heavy atom. The van der Waals surface area contributed by atoms with E-state index in [1.807, 2.05) is 75.5 Å². The summed E-state index contributed by atoms with van der Waals surface area (Å²) in [4.78, 5) is 0. The average Bonchev–Trinajstić information content (AvgIpc) is 3.15. The molecule has 5 rings (SSSR count). The predicted octanol–water partition coefficient (Wildman–Crippen LogP) is 15.0. The van der Waals surface area contributed by atoms with Crippen molar-refractivity contribution in [2.24, 2.45) is 0 Å². The molecule has 0 atom stereocenters. The number of fused-ring (bicyclic) bond motifs is 8. The Morgan fingerprint density at radius 2 is 0.417 bits per heavy atom. The zero-order valence-corrected chi connectivity index (χ0v) is 42.8. The van der Waals surface area contributed by atoms with Gasteiger partial charge in [-0.2, -0.15) is 47.0 Å². The fourth-order valence-corrected chi connectivity index (χ4v) is 11.6. The van der Waals surface area contributed by atoms with Gasteiger partial charge in [-0.3, -0.25) is 0 Å². The number of hydrogen-bond donors (Lipinski definition) is 0. The van der Waals surface area contributed by atoms with E-state index in [1.54, 1.807) is 0 Å². The molecular weight excluding hydrogens is 817 g/mol. The Kier molecular flexibility index (Phi) is 16.1. The van der Waals surface area contributed by atoms with Gasteiger partial charge in [0.2, 0.25) is 0 Å². The van der Waals surface area contributed by atoms with Crippen LogP contribution < -0.4 is 18.9 Å². The zero-order chi connectivity index (χ0) is 44.2. The molecule has 1 heterocycles. The second kappa shape index (κ2) is 19.9. The van der Waals surface area contributed by atoms with Crippen molar-refractivity contribution in [3.8, 4) is 23.0 Å². The Hall–Kier alpha value is -2.52. The van der Waals surface area contributed by atoms with E-state index in [-0.39, 0.29) is 21.7 Å². The Balaban J connectivity index is 1.65. The van der Waals surface area contributed by atoms with Gasteiger partial charge in [0, 0.05) is 90.5 Å². The Morgan fingerprint density at radius 1 is 0.283 bits per heavy atom. The maximum absolute atomic E-state index is 6.28. The van der Waals surface area contributed by atoms with E-state index in [2.05, 4.69) is 132 Å². The van der Waals surface area contributed by atoms with E-state index in [0.29, 0.717) is 0 Å². The van der Waals surface area contributed by atoms with Crippen LogP contribution in [0.2, 0.25) is 0 Å². The fourth-order valence-electron chi connectivity index (χ4n) is 7.74. The molecular formula is C52H72O4S4. The molecule has 0 saturated heterocycles. The molecule has 1 aliphatic rings. The summed E-state index contributed by atoms with van der Waals surface area (Å²) in [6.07, 6.45) is 0. The van der Waals surface area contributed by atoms with Gasteiger partial charge in [0.15, 0.2) is 0 Å². The minimum atomic E-state index is 0.0000424. The summed E-state index contributed by atoms with van der Waals surface area (Å²) in [5.74, 6) is 10.7. The number of benzene rings is 4. The van der Waals surface area contributed by atoms with Gasteiger partial charge >= 0.3 is 0 Å². The van der Waals surface area contributed by atoms with Gasteiger partial charge in [-0.05, 0) is 43.9 Å². The van der Waals surface area contributed by atoms with Crippen LogP contribution in [-0.2, 0) is 67.7 Å². The third-order valence-corrected chi connectivity index (χ3v) is 15.4. The molecule has 0 N–H and O–H groups in total. The Labute approximate surface area is 381 Å². The van der Waals surface area contributed by atoms with Crippen LogP contribution in [0.25, 0.3) is 0 Å². The first kappa shape index (κ1) is 48.5. The number of ether oxygens (including phenoxy) is 4. The second-order valence-electron chi connectivity index (χ2n) is 20.3. The van der Waals surface area contributed by atoms with Crippen molar-refractivity contribution in [1.82, 2.24) is 0 Å². The molecule has 4 aromatic carbocycles. The van der Waals surface area contributed by atoms with Gasteiger partial charge in [-0.15, -0.1) is 0 Å². The van der Waals surface area contributed by atoms with Crippen LogP contribution in [0, 0.1) is 0 Å². The van der Waals surface area contributed by atoms with E-state index in [0.717, 1.165) is 69.0 Å². The molecule has 0 amide bonds. The van der Waals surface area contributed by atoms with Gasteiger partial charge in [0.25, 0.3) is 0 Å². The van der Waals surface area contributed by atoms with E-state index in [9.17, 15) is 0 Å². The minimum Gasteiger partial charge on any atom is -0.496 e. The Bertz CT molecular complexity index is 1710. The maximum atomic E-state index is 6.28. The summed E-state index contributed by atoms with van der Waals surface area (Å²) in [5.41, 5.74) is 15.3. The molecule has 0 fully saturated rings. The molecule has 0 unspecified atom stereocenters. The van der Waals surface area contributed by atoms with Crippen LogP contribution in [-0.4, -0.2) is 28.4 Å². The number of thioether (sulfide) groups is 4. The van der Waals surface area contributed by atoms with Gasteiger partial charge < -0.3 is 18.9 Å². The minimum absolute atomic E-state index is 0.0000424. The highest BCUT2D eigenvalue weighted by Gasteiger charge is 2.25. The number of hydrogen-bond acceptors (Lipinski definition) is 8. The lowest BCUT2D eigenvalue weighted by molar-refractivity contribution is 0.406. The summed E-state index contributed by atoms with van der Waals surface area (Å²) in [7, 11) is 7.33. The highest BCUT2D eigenvalue weighted by Crippen LogP contribution is 2.43. The summed E-state index contributed by atoms with van der Waals surface area (Å²) in [6, 6.07) is 19.0. The molecule has 0 saturated carbocycles. The molecule has 0 radical (unpaired) electrons. The zero-order valence-electron chi connectivity index (χ0n) is 39.5. The predicted molar refractivity (Wildman–Crippen MR) is 267 cm³/mol. The van der Waals surface area contributed by atoms with Gasteiger partial charge in [0.1, 0.15) is 23.0 Å². The van der Waals surface area contributed by atoms with Crippen molar-refractivity contribution in [3.05, 3.63) is 115 Å². The SMILES string of the molecule is COc1c2cc(C(C)(C)C)cc1CSCc1cc(C(C)(C)C)cc(c1OC)CSCc1cc(C(C)(C)C)cc(c1OC)CSCc1cc(C(C)(C)C)cc(c1OC)CSC2. The van der Waals surface area contributed by atoms with Crippen molar-refractivity contribution in [1.29, 1.82) is 0 Å². The first-order valence-corrected chi connectivity index (χ1v) is 25.8. The molecule has 8 bridgehead atoms. The van der Waals surface area contributed by atoms with Crippen molar-refractivity contribution in [3.63, 3.8) is 0 Å². The highest BCUT2D eigenvalue weighted by atomic mass is 32.2. The van der Waals surface area contributed by atoms with Crippen LogP contribution in [0.3, 0.4) is 0 Å². The fraction of sp³-hybridized carbons (Fsp3) is 0.538. The van der Waals surface area contributed by atoms with E-state index in [1.165, 1.54) is 66.8 Å². The lowest BCUT2D eigenvalue weighted by atomic mass is 9.85. The first-order chi connectivity index (χ1) is 28.1. The smallest absolute Gasteiger partial charge is 0.126 e. The largest absolute Gasteiger partial charge is 0.496 e. The molecule has 4 aromatic rings. The summed E-state index contributed by atoms with van der Waals surface area (Å²) in [5, 5.41) is 0. The first-order valence-electron chi connectivity index (χ1n) is 21.2. The third kappa shape index (κ3) is 11.9. The maximum Gasteiger partial charge on any atom is 0.126 e. The lowest BCUT2D eigenvalue weighted by Gasteiger charge is -2.25. The summed E-state index contributed by atoms with van der Waals surface area (Å²) >= 11 is 7.75. The normalized spacial score (nSPS) is 15.2. The van der Waals surface area contributed by atoms with Crippen LogP contribution in [0.1, 0.15) is 150 Å². The quantitative estimate of drug-likeness (QED) is 0.201. The third-order valence-electron chi connectivity index (χ3n) is 11.3. The molecule has 1 aliphatic heterocycles. The van der Waals surface area contributed by atoms with E-state index < -0.39 is 0 Å². The topological polar surface area (TPSA) is 36.9 Å². The van der Waals surface area contributed by atoms with Gasteiger partial charge in [-0.25, -0.2) is 0 Å². The van der Waals surface area contributed by atoms with Crippen LogP contribution >= 0.6 is 47.0 Å². The average molecular weight is 889 g/mol. The van der Waals surface area contributed by atoms with Crippen LogP contribution in [0.5, 0.6) is 23.0 Å². The summed E-state index contributed by atoms with van der Waals surface area (Å²) < 4.78 is 25.1. The van der Waals surface area contributed by atoms with Crippen LogP contribution in [0.15, 0.2) is 48.5 Å². The van der Waals surface area contributed by atoms with Crippen molar-refractivity contribution in [2.45, 2.75) is 151 Å². The molecule has 8 heteroatoms.